The normalized spacial score (nSPS) is 16.4. The van der Waals surface area contributed by atoms with Crippen molar-refractivity contribution in [2.24, 2.45) is 5.92 Å². The van der Waals surface area contributed by atoms with Crippen LogP contribution >= 0.6 is 0 Å². The van der Waals surface area contributed by atoms with E-state index in [0.717, 1.165) is 25.9 Å². The molecule has 0 aromatic heterocycles. The molecule has 0 amide bonds. The first-order valence-electron chi connectivity index (χ1n) is 6.26. The van der Waals surface area contributed by atoms with Crippen LogP contribution in [0, 0.1) is 23.1 Å². The van der Waals surface area contributed by atoms with Gasteiger partial charge in [0, 0.05) is 12.2 Å². The van der Waals surface area contributed by atoms with Gasteiger partial charge < -0.3 is 10.1 Å². The molecule has 0 atom stereocenters. The lowest BCUT2D eigenvalue weighted by Crippen LogP contribution is -2.29. The van der Waals surface area contributed by atoms with Crippen molar-refractivity contribution in [2.75, 3.05) is 19.7 Å². The maximum Gasteiger partial charge on any atom is 0.130 e. The number of rotatable bonds is 4. The minimum Gasteiger partial charge on any atom is -0.376 e. The highest BCUT2D eigenvalue weighted by molar-refractivity contribution is 5.32. The van der Waals surface area contributed by atoms with Crippen LogP contribution in [0.3, 0.4) is 0 Å². The Bertz CT molecular complexity index is 436. The van der Waals surface area contributed by atoms with Crippen LogP contribution in [0.2, 0.25) is 0 Å². The summed E-state index contributed by atoms with van der Waals surface area (Å²) in [6, 6.07) is 6.41. The fourth-order valence-corrected chi connectivity index (χ4v) is 2.12. The van der Waals surface area contributed by atoms with Crippen molar-refractivity contribution in [1.29, 1.82) is 5.26 Å². The van der Waals surface area contributed by atoms with Crippen molar-refractivity contribution < 1.29 is 9.13 Å². The molecule has 96 valence electrons. The lowest BCUT2D eigenvalue weighted by Gasteiger charge is -2.22. The molecule has 0 bridgehead atoms. The molecule has 1 fully saturated rings. The molecule has 0 unspecified atom stereocenters. The summed E-state index contributed by atoms with van der Waals surface area (Å²) in [5, 5.41) is 11.9. The van der Waals surface area contributed by atoms with Gasteiger partial charge in [0.15, 0.2) is 0 Å². The number of nitrogens with zero attached hydrogens (tertiary/aromatic N) is 1. The summed E-state index contributed by atoms with van der Waals surface area (Å²) in [5.41, 5.74) is 0.859. The second-order valence-corrected chi connectivity index (χ2v) is 4.63. The Kier molecular flexibility index (Phi) is 4.68. The number of nitrogens with one attached hydrogen (secondary N) is 1. The van der Waals surface area contributed by atoms with Gasteiger partial charge in [0.1, 0.15) is 5.82 Å². The number of nitriles is 1. The summed E-state index contributed by atoms with van der Waals surface area (Å²) in [4.78, 5) is 0. The second-order valence-electron chi connectivity index (χ2n) is 4.63. The van der Waals surface area contributed by atoms with Crippen LogP contribution < -0.4 is 5.32 Å². The first-order chi connectivity index (χ1) is 8.79. The van der Waals surface area contributed by atoms with Crippen LogP contribution in [0.4, 0.5) is 4.39 Å². The zero-order chi connectivity index (χ0) is 12.8. The predicted molar refractivity (Wildman–Crippen MR) is 66.4 cm³/mol. The molecule has 0 spiro atoms. The Morgan fingerprint density at radius 1 is 1.39 bits per heavy atom. The highest BCUT2D eigenvalue weighted by Gasteiger charge is 2.13. The van der Waals surface area contributed by atoms with Crippen LogP contribution in [0.15, 0.2) is 18.2 Å². The molecular formula is C14H17FN2O. The maximum atomic E-state index is 13.6. The van der Waals surface area contributed by atoms with E-state index in [1.165, 1.54) is 6.07 Å². The Balaban J connectivity index is 1.81. The molecule has 3 nitrogen and oxygen atoms in total. The van der Waals surface area contributed by atoms with Crippen molar-refractivity contribution in [1.82, 2.24) is 5.32 Å². The largest absolute Gasteiger partial charge is 0.376 e. The Morgan fingerprint density at radius 2 is 2.17 bits per heavy atom. The van der Waals surface area contributed by atoms with E-state index >= 15 is 0 Å². The van der Waals surface area contributed by atoms with E-state index in [9.17, 15) is 4.39 Å². The Morgan fingerprint density at radius 3 is 2.83 bits per heavy atom. The standard InChI is InChI=1S/C14H17FN2O/c15-14-7-12(8-16)1-2-13(14)10-18-9-11-3-5-17-6-4-11/h1-2,7,11,17H,3-6,9-10H2. The van der Waals surface area contributed by atoms with E-state index in [1.54, 1.807) is 12.1 Å². The number of benzene rings is 1. The molecule has 0 radical (unpaired) electrons. The molecule has 18 heavy (non-hydrogen) atoms. The maximum absolute atomic E-state index is 13.6. The molecule has 1 aliphatic heterocycles. The van der Waals surface area contributed by atoms with Crippen LogP contribution in [0.5, 0.6) is 0 Å². The van der Waals surface area contributed by atoms with Crippen molar-refractivity contribution in [3.63, 3.8) is 0 Å². The Hall–Kier alpha value is -1.44. The third kappa shape index (κ3) is 3.52. The molecule has 1 aliphatic rings. The minimum atomic E-state index is -0.362. The first kappa shape index (κ1) is 13.0. The van der Waals surface area contributed by atoms with E-state index in [1.807, 2.05) is 6.07 Å². The highest BCUT2D eigenvalue weighted by Crippen LogP contribution is 2.15. The summed E-state index contributed by atoms with van der Waals surface area (Å²) < 4.78 is 19.1. The summed E-state index contributed by atoms with van der Waals surface area (Å²) in [6.45, 7) is 3.04. The van der Waals surface area contributed by atoms with Crippen LogP contribution in [0.1, 0.15) is 24.0 Å². The van der Waals surface area contributed by atoms with Gasteiger partial charge in [-0.05, 0) is 44.0 Å². The predicted octanol–water partition coefficient (Wildman–Crippen LogP) is 2.21. The third-order valence-electron chi connectivity index (χ3n) is 3.25. The van der Waals surface area contributed by atoms with Crippen LogP contribution in [-0.4, -0.2) is 19.7 Å². The van der Waals surface area contributed by atoms with Crippen LogP contribution in [0.25, 0.3) is 0 Å². The number of halogens is 1. The summed E-state index contributed by atoms with van der Waals surface area (Å²) in [6.07, 6.45) is 2.24. The van der Waals surface area contributed by atoms with Gasteiger partial charge in [0.05, 0.1) is 18.2 Å². The van der Waals surface area contributed by atoms with E-state index in [0.29, 0.717) is 23.7 Å². The SMILES string of the molecule is N#Cc1ccc(COCC2CCNCC2)c(F)c1. The molecule has 0 saturated carbocycles. The average Bonchev–Trinajstić information content (AvgIpc) is 2.42. The molecule has 1 aromatic rings. The monoisotopic (exact) mass is 248 g/mol. The van der Waals surface area contributed by atoms with Gasteiger partial charge in [0.2, 0.25) is 0 Å². The Labute approximate surface area is 107 Å². The van der Waals surface area contributed by atoms with Gasteiger partial charge in [-0.3, -0.25) is 0 Å². The molecule has 2 rings (SSSR count). The number of piperidine rings is 1. The van der Waals surface area contributed by atoms with E-state index in [2.05, 4.69) is 5.32 Å². The lowest BCUT2D eigenvalue weighted by molar-refractivity contribution is 0.0747. The summed E-state index contributed by atoms with van der Waals surface area (Å²) in [7, 11) is 0. The van der Waals surface area contributed by atoms with Gasteiger partial charge >= 0.3 is 0 Å². The molecule has 1 aromatic carbocycles. The zero-order valence-electron chi connectivity index (χ0n) is 10.3. The fourth-order valence-electron chi connectivity index (χ4n) is 2.12. The van der Waals surface area contributed by atoms with Gasteiger partial charge in [-0.2, -0.15) is 5.26 Å². The van der Waals surface area contributed by atoms with Gasteiger partial charge in [0.25, 0.3) is 0 Å². The number of ether oxygens (including phenoxy) is 1. The molecular weight excluding hydrogens is 231 g/mol. The van der Waals surface area contributed by atoms with Crippen molar-refractivity contribution >= 4 is 0 Å². The van der Waals surface area contributed by atoms with E-state index in [4.69, 9.17) is 10.00 Å². The van der Waals surface area contributed by atoms with Gasteiger partial charge in [-0.15, -0.1) is 0 Å². The molecule has 4 heteroatoms. The highest BCUT2D eigenvalue weighted by atomic mass is 19.1. The smallest absolute Gasteiger partial charge is 0.130 e. The van der Waals surface area contributed by atoms with Gasteiger partial charge in [-0.25, -0.2) is 4.39 Å². The zero-order valence-corrected chi connectivity index (χ0v) is 10.3. The fraction of sp³-hybridized carbons (Fsp3) is 0.500. The average molecular weight is 248 g/mol. The van der Waals surface area contributed by atoms with E-state index < -0.39 is 0 Å². The second kappa shape index (κ2) is 6.48. The minimum absolute atomic E-state index is 0.279. The van der Waals surface area contributed by atoms with E-state index in [-0.39, 0.29) is 12.4 Å². The molecule has 1 heterocycles. The van der Waals surface area contributed by atoms with Crippen LogP contribution in [-0.2, 0) is 11.3 Å². The summed E-state index contributed by atoms with van der Waals surface area (Å²) in [5.74, 6) is 0.215. The first-order valence-corrected chi connectivity index (χ1v) is 6.26. The van der Waals surface area contributed by atoms with Gasteiger partial charge in [-0.1, -0.05) is 6.07 Å². The quantitative estimate of drug-likeness (QED) is 0.888. The third-order valence-corrected chi connectivity index (χ3v) is 3.25. The van der Waals surface area contributed by atoms with Crippen molar-refractivity contribution in [3.05, 3.63) is 35.1 Å². The summed E-state index contributed by atoms with van der Waals surface area (Å²) >= 11 is 0. The number of hydrogen-bond acceptors (Lipinski definition) is 3. The topological polar surface area (TPSA) is 45.0 Å². The lowest BCUT2D eigenvalue weighted by atomic mass is 9.99. The molecule has 0 aliphatic carbocycles. The number of hydrogen-bond donors (Lipinski definition) is 1. The molecule has 1 N–H and O–H groups in total. The van der Waals surface area contributed by atoms with Crippen molar-refractivity contribution in [2.45, 2.75) is 19.4 Å². The molecule has 1 saturated heterocycles. The van der Waals surface area contributed by atoms with Crippen molar-refractivity contribution in [3.8, 4) is 6.07 Å².